The quantitative estimate of drug-likeness (QED) is 0.360. The van der Waals surface area contributed by atoms with Gasteiger partial charge in [-0.1, -0.05) is 48.5 Å². The molecule has 3 aromatic carbocycles. The van der Waals surface area contributed by atoms with E-state index in [1.165, 1.54) is 39.0 Å². The number of aryl methyl sites for hydroxylation is 2. The van der Waals surface area contributed by atoms with Gasteiger partial charge in [0.25, 0.3) is 0 Å². The smallest absolute Gasteiger partial charge is 0.335 e. The number of rotatable bonds is 8. The van der Waals surface area contributed by atoms with Gasteiger partial charge in [0.2, 0.25) is 0 Å². The topological polar surface area (TPSA) is 40.5 Å². The number of nitrogens with zero attached hydrogens (tertiary/aromatic N) is 1. The SMILES string of the molecule is Cc1cccc(C2=C(c3ccc(CC4CN(CCCF)C4)cc3)c3ccc(C(=O)O)cc3CCC2)c1C. The number of alkyl halides is 1. The molecule has 2 aliphatic rings. The monoisotopic (exact) mass is 497 g/mol. The van der Waals surface area contributed by atoms with Crippen LogP contribution in [-0.4, -0.2) is 42.3 Å². The summed E-state index contributed by atoms with van der Waals surface area (Å²) in [6, 6.07) is 21.2. The van der Waals surface area contributed by atoms with Gasteiger partial charge >= 0.3 is 5.97 Å². The molecule has 1 heterocycles. The molecule has 0 bridgehead atoms. The fourth-order valence-electron chi connectivity index (χ4n) is 6.01. The third kappa shape index (κ3) is 5.40. The van der Waals surface area contributed by atoms with E-state index in [4.69, 9.17) is 0 Å². The largest absolute Gasteiger partial charge is 0.478 e. The second-order valence-corrected chi connectivity index (χ2v) is 10.7. The Bertz CT molecular complexity index is 1320. The van der Waals surface area contributed by atoms with Crippen molar-refractivity contribution < 1.29 is 14.3 Å². The number of carboxylic acids is 1. The number of likely N-dealkylation sites (tertiary alicyclic amines) is 1. The zero-order valence-corrected chi connectivity index (χ0v) is 21.9. The number of aromatic carboxylic acids is 1. The Hall–Kier alpha value is -3.24. The first-order valence-corrected chi connectivity index (χ1v) is 13.5. The number of allylic oxidation sites excluding steroid dienone is 1. The highest BCUT2D eigenvalue weighted by Gasteiger charge is 2.26. The molecule has 0 unspecified atom stereocenters. The molecule has 1 aliphatic heterocycles. The standard InChI is InChI=1S/C33H36FNO2/c1-22-6-3-8-29(23(22)2)31-9-4-7-27-19-28(33(36)37)14-15-30(27)32(31)26-12-10-24(11-13-26)18-25-20-35(21-25)17-5-16-34/h3,6,8,10-15,19,25H,4-5,7,9,16-18,20-21H2,1-2H3,(H,36,37). The van der Waals surface area contributed by atoms with Gasteiger partial charge in [-0.3, -0.25) is 4.39 Å². The maximum absolute atomic E-state index is 12.4. The second-order valence-electron chi connectivity index (χ2n) is 10.7. The fraction of sp³-hybridized carbons (Fsp3) is 0.364. The van der Waals surface area contributed by atoms with Crippen LogP contribution in [0.2, 0.25) is 0 Å². The maximum Gasteiger partial charge on any atom is 0.335 e. The summed E-state index contributed by atoms with van der Waals surface area (Å²) in [5.74, 6) is -0.237. The van der Waals surface area contributed by atoms with E-state index in [1.54, 1.807) is 6.07 Å². The van der Waals surface area contributed by atoms with E-state index in [0.29, 0.717) is 17.9 Å². The fourth-order valence-corrected chi connectivity index (χ4v) is 6.01. The molecular weight excluding hydrogens is 461 g/mol. The third-order valence-corrected chi connectivity index (χ3v) is 8.13. The Morgan fingerprint density at radius 3 is 2.51 bits per heavy atom. The lowest BCUT2D eigenvalue weighted by Gasteiger charge is -2.39. The summed E-state index contributed by atoms with van der Waals surface area (Å²) in [4.78, 5) is 14.0. The van der Waals surface area contributed by atoms with Crippen LogP contribution in [0.15, 0.2) is 60.7 Å². The average Bonchev–Trinajstić information content (AvgIpc) is 3.06. The lowest BCUT2D eigenvalue weighted by Crippen LogP contribution is -2.47. The minimum absolute atomic E-state index is 0.233. The highest BCUT2D eigenvalue weighted by atomic mass is 19.1. The minimum atomic E-state index is -0.879. The molecule has 3 aromatic rings. The number of carboxylic acid groups (broad SMARTS) is 1. The summed E-state index contributed by atoms with van der Waals surface area (Å²) in [5, 5.41) is 9.59. The van der Waals surface area contributed by atoms with Crippen LogP contribution in [-0.2, 0) is 12.8 Å². The first kappa shape index (κ1) is 25.4. The van der Waals surface area contributed by atoms with Crippen molar-refractivity contribution in [2.24, 2.45) is 5.92 Å². The molecule has 3 nitrogen and oxygen atoms in total. The van der Waals surface area contributed by atoms with Crippen LogP contribution in [0.1, 0.15) is 68.6 Å². The van der Waals surface area contributed by atoms with E-state index in [1.807, 2.05) is 12.1 Å². The zero-order valence-electron chi connectivity index (χ0n) is 21.9. The van der Waals surface area contributed by atoms with Crippen molar-refractivity contribution in [2.75, 3.05) is 26.3 Å². The molecule has 1 N–H and O–H groups in total. The van der Waals surface area contributed by atoms with E-state index in [2.05, 4.69) is 61.2 Å². The molecule has 0 amide bonds. The number of benzene rings is 3. The van der Waals surface area contributed by atoms with Gasteiger partial charge in [-0.05, 0) is 114 Å². The van der Waals surface area contributed by atoms with Crippen molar-refractivity contribution in [3.8, 4) is 0 Å². The third-order valence-electron chi connectivity index (χ3n) is 8.13. The highest BCUT2D eigenvalue weighted by Crippen LogP contribution is 2.41. The Balaban J connectivity index is 1.51. The molecule has 37 heavy (non-hydrogen) atoms. The zero-order chi connectivity index (χ0) is 25.9. The Kier molecular flexibility index (Phi) is 7.57. The first-order valence-electron chi connectivity index (χ1n) is 13.5. The molecule has 5 rings (SSSR count). The molecule has 0 atom stereocenters. The van der Waals surface area contributed by atoms with Crippen LogP contribution in [0.25, 0.3) is 11.1 Å². The molecule has 0 saturated carbocycles. The molecule has 0 spiro atoms. The number of carbonyl (C=O) groups is 1. The lowest BCUT2D eigenvalue weighted by atomic mass is 9.84. The Labute approximate surface area is 219 Å². The summed E-state index contributed by atoms with van der Waals surface area (Å²) in [5.41, 5.74) is 11.6. The predicted octanol–water partition coefficient (Wildman–Crippen LogP) is 7.13. The van der Waals surface area contributed by atoms with E-state index in [0.717, 1.165) is 56.4 Å². The van der Waals surface area contributed by atoms with Gasteiger partial charge in [0, 0.05) is 19.6 Å². The molecule has 0 aromatic heterocycles. The van der Waals surface area contributed by atoms with Crippen molar-refractivity contribution >= 4 is 17.1 Å². The van der Waals surface area contributed by atoms with Crippen molar-refractivity contribution in [3.63, 3.8) is 0 Å². The van der Waals surface area contributed by atoms with E-state index >= 15 is 0 Å². The van der Waals surface area contributed by atoms with E-state index in [9.17, 15) is 14.3 Å². The van der Waals surface area contributed by atoms with Crippen LogP contribution in [0.4, 0.5) is 4.39 Å². The molecule has 4 heteroatoms. The number of hydrogen-bond donors (Lipinski definition) is 1. The summed E-state index contributed by atoms with van der Waals surface area (Å²) >= 11 is 0. The molecule has 1 fully saturated rings. The Morgan fingerprint density at radius 2 is 1.78 bits per heavy atom. The number of fused-ring (bicyclic) bond motifs is 1. The van der Waals surface area contributed by atoms with E-state index in [-0.39, 0.29) is 6.67 Å². The second kappa shape index (κ2) is 11.0. The van der Waals surface area contributed by atoms with Gasteiger partial charge in [-0.15, -0.1) is 0 Å². The van der Waals surface area contributed by atoms with Crippen molar-refractivity contribution in [2.45, 2.75) is 46.0 Å². The predicted molar refractivity (Wildman–Crippen MR) is 149 cm³/mol. The van der Waals surface area contributed by atoms with Gasteiger partial charge < -0.3 is 10.0 Å². The summed E-state index contributed by atoms with van der Waals surface area (Å²) < 4.78 is 12.4. The van der Waals surface area contributed by atoms with Crippen molar-refractivity contribution in [3.05, 3.63) is 105 Å². The minimum Gasteiger partial charge on any atom is -0.478 e. The van der Waals surface area contributed by atoms with Gasteiger partial charge in [-0.2, -0.15) is 0 Å². The molecule has 0 radical (unpaired) electrons. The van der Waals surface area contributed by atoms with Crippen molar-refractivity contribution in [1.29, 1.82) is 0 Å². The summed E-state index contributed by atoms with van der Waals surface area (Å²) in [6.07, 6.45) is 4.49. The van der Waals surface area contributed by atoms with Gasteiger partial charge in [0.15, 0.2) is 0 Å². The Morgan fingerprint density at radius 1 is 1.00 bits per heavy atom. The van der Waals surface area contributed by atoms with Gasteiger partial charge in [-0.25, -0.2) is 4.79 Å². The maximum atomic E-state index is 12.4. The number of hydrogen-bond acceptors (Lipinski definition) is 2. The summed E-state index contributed by atoms with van der Waals surface area (Å²) in [6.45, 7) is 7.11. The molecule has 1 saturated heterocycles. The molecule has 1 aliphatic carbocycles. The van der Waals surface area contributed by atoms with E-state index < -0.39 is 5.97 Å². The van der Waals surface area contributed by atoms with Crippen molar-refractivity contribution in [1.82, 2.24) is 4.90 Å². The highest BCUT2D eigenvalue weighted by molar-refractivity contribution is 6.01. The summed E-state index contributed by atoms with van der Waals surface area (Å²) in [7, 11) is 0. The lowest BCUT2D eigenvalue weighted by molar-refractivity contribution is 0.0696. The van der Waals surface area contributed by atoms with Crippen LogP contribution < -0.4 is 0 Å². The molecule has 192 valence electrons. The van der Waals surface area contributed by atoms with Gasteiger partial charge in [0.1, 0.15) is 0 Å². The normalized spacial score (nSPS) is 16.3. The van der Waals surface area contributed by atoms with Crippen LogP contribution in [0, 0.1) is 19.8 Å². The first-order chi connectivity index (χ1) is 17.9. The number of halogens is 1. The molecular formula is C33H36FNO2. The average molecular weight is 498 g/mol. The van der Waals surface area contributed by atoms with Crippen LogP contribution >= 0.6 is 0 Å². The van der Waals surface area contributed by atoms with Gasteiger partial charge in [0.05, 0.1) is 12.2 Å². The van der Waals surface area contributed by atoms with Crippen LogP contribution in [0.5, 0.6) is 0 Å². The van der Waals surface area contributed by atoms with Crippen LogP contribution in [0.3, 0.4) is 0 Å².